The molecule has 1 atom stereocenters. The highest BCUT2D eigenvalue weighted by Gasteiger charge is 2.07. The van der Waals surface area contributed by atoms with Crippen LogP contribution in [0.3, 0.4) is 0 Å². The van der Waals surface area contributed by atoms with Gasteiger partial charge in [0.1, 0.15) is 0 Å². The van der Waals surface area contributed by atoms with Crippen molar-refractivity contribution in [2.24, 2.45) is 5.92 Å². The van der Waals surface area contributed by atoms with E-state index in [4.69, 9.17) is 4.18 Å². The fourth-order valence-electron chi connectivity index (χ4n) is 2.95. The van der Waals surface area contributed by atoms with Crippen molar-refractivity contribution in [1.29, 1.82) is 0 Å². The Labute approximate surface area is 143 Å². The topological polar surface area (TPSA) is 43.4 Å². The average molecular weight is 343 g/mol. The monoisotopic (exact) mass is 342 g/mol. The van der Waals surface area contributed by atoms with Gasteiger partial charge in [-0.3, -0.25) is 4.18 Å². The molecule has 0 radical (unpaired) electrons. The molecule has 0 bridgehead atoms. The minimum atomic E-state index is -3.26. The molecule has 1 unspecified atom stereocenters. The number of unbranched alkanes of at least 4 members (excludes halogenated alkanes) is 7. The van der Waals surface area contributed by atoms with Crippen LogP contribution in [-0.2, 0) is 14.3 Å². The lowest BCUT2D eigenvalue weighted by Gasteiger charge is -2.06. The van der Waals surface area contributed by atoms with E-state index in [2.05, 4.69) is 24.3 Å². The smallest absolute Gasteiger partial charge is 0.264 e. The van der Waals surface area contributed by atoms with E-state index in [1.54, 1.807) is 0 Å². The van der Waals surface area contributed by atoms with Crippen LogP contribution in [0.15, 0.2) is 24.3 Å². The number of hydrogen-bond acceptors (Lipinski definition) is 3. The second-order valence-electron chi connectivity index (χ2n) is 6.60. The normalized spacial score (nSPS) is 18.2. The number of rotatable bonds is 14. The zero-order valence-corrected chi connectivity index (χ0v) is 15.5. The maximum absolute atomic E-state index is 10.8. The maximum atomic E-state index is 10.8. The molecule has 0 aromatic heterocycles. The molecule has 134 valence electrons. The van der Waals surface area contributed by atoms with Gasteiger partial charge in [-0.05, 0) is 57.3 Å². The summed E-state index contributed by atoms with van der Waals surface area (Å²) in [6.45, 7) is 0.319. The predicted octanol–water partition coefficient (Wildman–Crippen LogP) is 5.39. The van der Waals surface area contributed by atoms with Crippen molar-refractivity contribution in [3.63, 3.8) is 0 Å². The zero-order chi connectivity index (χ0) is 16.8. The third-order valence-corrected chi connectivity index (χ3v) is 4.88. The van der Waals surface area contributed by atoms with Gasteiger partial charge in [0.15, 0.2) is 0 Å². The Balaban J connectivity index is 1.77. The number of hydrogen-bond donors (Lipinski definition) is 0. The van der Waals surface area contributed by atoms with Gasteiger partial charge in [0, 0.05) is 0 Å². The van der Waals surface area contributed by atoms with Crippen molar-refractivity contribution in [3.05, 3.63) is 24.3 Å². The van der Waals surface area contributed by atoms with Crippen molar-refractivity contribution < 1.29 is 12.6 Å². The highest BCUT2D eigenvalue weighted by atomic mass is 32.2. The molecule has 1 rings (SSSR count). The minimum absolute atomic E-state index is 0.319. The van der Waals surface area contributed by atoms with Gasteiger partial charge >= 0.3 is 0 Å². The Kier molecular flexibility index (Phi) is 11.3. The molecule has 3 nitrogen and oxygen atoms in total. The van der Waals surface area contributed by atoms with Crippen molar-refractivity contribution in [2.45, 2.75) is 77.0 Å². The van der Waals surface area contributed by atoms with Crippen LogP contribution in [0.25, 0.3) is 0 Å². The first kappa shape index (κ1) is 20.4. The van der Waals surface area contributed by atoms with E-state index in [0.29, 0.717) is 6.61 Å². The van der Waals surface area contributed by atoms with Gasteiger partial charge in [0.25, 0.3) is 10.1 Å². The largest absolute Gasteiger partial charge is 0.270 e. The molecule has 0 fully saturated rings. The molecule has 0 aromatic carbocycles. The fraction of sp³-hybridized carbons (Fsp3) is 0.789. The van der Waals surface area contributed by atoms with E-state index in [1.807, 2.05) is 0 Å². The van der Waals surface area contributed by atoms with Crippen LogP contribution >= 0.6 is 0 Å². The summed E-state index contributed by atoms with van der Waals surface area (Å²) in [4.78, 5) is 0. The lowest BCUT2D eigenvalue weighted by Crippen LogP contribution is -2.03. The van der Waals surface area contributed by atoms with Gasteiger partial charge in [0.2, 0.25) is 0 Å². The van der Waals surface area contributed by atoms with E-state index in [9.17, 15) is 8.42 Å². The summed E-state index contributed by atoms with van der Waals surface area (Å²) >= 11 is 0. The Morgan fingerprint density at radius 2 is 1.65 bits per heavy atom. The van der Waals surface area contributed by atoms with Gasteiger partial charge < -0.3 is 0 Å². The molecule has 0 spiro atoms. The zero-order valence-electron chi connectivity index (χ0n) is 14.7. The third-order valence-electron chi connectivity index (χ3n) is 4.29. The molecule has 0 heterocycles. The Morgan fingerprint density at radius 1 is 1.00 bits per heavy atom. The van der Waals surface area contributed by atoms with Gasteiger partial charge in [-0.2, -0.15) is 8.42 Å². The van der Waals surface area contributed by atoms with Crippen LogP contribution in [0.4, 0.5) is 0 Å². The summed E-state index contributed by atoms with van der Waals surface area (Å²) in [5.41, 5.74) is 0. The summed E-state index contributed by atoms with van der Waals surface area (Å²) in [6.07, 6.45) is 25.1. The average Bonchev–Trinajstić information content (AvgIpc) is 3.00. The summed E-state index contributed by atoms with van der Waals surface area (Å²) in [5, 5.41) is 0. The standard InChI is InChI=1S/C19H34O3S/c1-23(20,21)22-18-14-10-8-6-4-2-3-5-7-9-11-15-19-16-12-13-17-19/h2,4,12,16,19H,3,5-11,13-15,17-18H2,1H3/b4-2+. The Morgan fingerprint density at radius 3 is 2.26 bits per heavy atom. The lowest BCUT2D eigenvalue weighted by atomic mass is 10.00. The van der Waals surface area contributed by atoms with Crippen LogP contribution in [0.1, 0.15) is 77.0 Å². The number of allylic oxidation sites excluding steroid dienone is 4. The van der Waals surface area contributed by atoms with Crippen molar-refractivity contribution in [2.75, 3.05) is 12.9 Å². The van der Waals surface area contributed by atoms with Gasteiger partial charge in [-0.25, -0.2) is 0 Å². The van der Waals surface area contributed by atoms with Crippen molar-refractivity contribution >= 4 is 10.1 Å². The SMILES string of the molecule is CS(=O)(=O)OCCCCC/C=C/CCCCCCC1C=CCC1. The fourth-order valence-corrected chi connectivity index (χ4v) is 3.37. The molecule has 0 aliphatic heterocycles. The van der Waals surface area contributed by atoms with Crippen LogP contribution in [-0.4, -0.2) is 21.3 Å². The first-order valence-electron chi connectivity index (χ1n) is 9.24. The molecule has 1 aliphatic rings. The summed E-state index contributed by atoms with van der Waals surface area (Å²) < 4.78 is 26.2. The van der Waals surface area contributed by atoms with Crippen LogP contribution in [0.2, 0.25) is 0 Å². The summed E-state index contributed by atoms with van der Waals surface area (Å²) in [7, 11) is -3.26. The van der Waals surface area contributed by atoms with Crippen molar-refractivity contribution in [1.82, 2.24) is 0 Å². The predicted molar refractivity (Wildman–Crippen MR) is 98.0 cm³/mol. The van der Waals surface area contributed by atoms with E-state index in [1.165, 1.54) is 51.4 Å². The molecule has 1 aliphatic carbocycles. The second-order valence-corrected chi connectivity index (χ2v) is 8.25. The van der Waals surface area contributed by atoms with E-state index in [0.717, 1.165) is 37.9 Å². The first-order chi connectivity index (χ1) is 11.1. The van der Waals surface area contributed by atoms with Gasteiger partial charge in [0.05, 0.1) is 12.9 Å². The summed E-state index contributed by atoms with van der Waals surface area (Å²) in [6, 6.07) is 0. The molecule has 23 heavy (non-hydrogen) atoms. The molecule has 0 amide bonds. The molecular formula is C19H34O3S. The van der Waals surface area contributed by atoms with E-state index < -0.39 is 10.1 Å². The summed E-state index contributed by atoms with van der Waals surface area (Å²) in [5.74, 6) is 0.873. The Hall–Kier alpha value is -0.610. The van der Waals surface area contributed by atoms with Gasteiger partial charge in [-0.1, -0.05) is 50.0 Å². The molecule has 4 heteroatoms. The van der Waals surface area contributed by atoms with Crippen LogP contribution < -0.4 is 0 Å². The van der Waals surface area contributed by atoms with Crippen LogP contribution in [0, 0.1) is 5.92 Å². The molecule has 0 aromatic rings. The molecule has 0 N–H and O–H groups in total. The second kappa shape index (κ2) is 12.8. The van der Waals surface area contributed by atoms with E-state index >= 15 is 0 Å². The quantitative estimate of drug-likeness (QED) is 0.242. The first-order valence-corrected chi connectivity index (χ1v) is 11.1. The van der Waals surface area contributed by atoms with Crippen LogP contribution in [0.5, 0.6) is 0 Å². The highest BCUT2D eigenvalue weighted by Crippen LogP contribution is 2.23. The Bertz CT molecular complexity index is 438. The molecule has 0 saturated heterocycles. The van der Waals surface area contributed by atoms with Crippen molar-refractivity contribution in [3.8, 4) is 0 Å². The highest BCUT2D eigenvalue weighted by molar-refractivity contribution is 7.85. The molecule has 0 saturated carbocycles. The minimum Gasteiger partial charge on any atom is -0.270 e. The molecular weight excluding hydrogens is 308 g/mol. The lowest BCUT2D eigenvalue weighted by molar-refractivity contribution is 0.310. The van der Waals surface area contributed by atoms with E-state index in [-0.39, 0.29) is 0 Å². The maximum Gasteiger partial charge on any atom is 0.264 e. The third kappa shape index (κ3) is 13.5. The van der Waals surface area contributed by atoms with Gasteiger partial charge in [-0.15, -0.1) is 0 Å².